The van der Waals surface area contributed by atoms with E-state index in [1.54, 1.807) is 0 Å². The summed E-state index contributed by atoms with van der Waals surface area (Å²) in [4.78, 5) is 11.9. The second-order valence-corrected chi connectivity index (χ2v) is 6.06. The van der Waals surface area contributed by atoms with Crippen molar-refractivity contribution in [1.29, 1.82) is 0 Å². The summed E-state index contributed by atoms with van der Waals surface area (Å²) in [5, 5.41) is 3.49. The van der Waals surface area contributed by atoms with Crippen LogP contribution in [0.25, 0.3) is 0 Å². The number of thiocarbonyl (C=S) groups is 1. The number of ether oxygens (including phenoxy) is 1. The van der Waals surface area contributed by atoms with Crippen molar-refractivity contribution in [3.8, 4) is 5.75 Å². The lowest BCUT2D eigenvalue weighted by Gasteiger charge is -2.13. The van der Waals surface area contributed by atoms with Crippen molar-refractivity contribution in [2.24, 2.45) is 5.92 Å². The van der Waals surface area contributed by atoms with Gasteiger partial charge in [0.05, 0.1) is 6.61 Å². The summed E-state index contributed by atoms with van der Waals surface area (Å²) in [6, 6.07) is 7.77. The second kappa shape index (κ2) is 10.8. The first kappa shape index (κ1) is 19.2. The lowest BCUT2D eigenvalue weighted by molar-refractivity contribution is -0.121. The van der Waals surface area contributed by atoms with E-state index in [0.29, 0.717) is 30.5 Å². The van der Waals surface area contributed by atoms with Crippen LogP contribution >= 0.6 is 12.2 Å². The topological polar surface area (TPSA) is 62.4 Å². The maximum absolute atomic E-state index is 11.9. The van der Waals surface area contributed by atoms with Gasteiger partial charge in [-0.1, -0.05) is 32.0 Å². The van der Waals surface area contributed by atoms with E-state index in [0.717, 1.165) is 24.3 Å². The predicted molar refractivity (Wildman–Crippen MR) is 97.3 cm³/mol. The second-order valence-electron chi connectivity index (χ2n) is 5.65. The van der Waals surface area contributed by atoms with Crippen molar-refractivity contribution in [3.63, 3.8) is 0 Å². The van der Waals surface area contributed by atoms with E-state index >= 15 is 0 Å². The molecule has 0 saturated carbocycles. The van der Waals surface area contributed by atoms with Gasteiger partial charge in [0.1, 0.15) is 5.75 Å². The molecule has 0 radical (unpaired) electrons. The first-order chi connectivity index (χ1) is 11.0. The van der Waals surface area contributed by atoms with Gasteiger partial charge >= 0.3 is 0 Å². The Morgan fingerprint density at radius 2 is 2.00 bits per heavy atom. The molecule has 0 spiro atoms. The largest absolute Gasteiger partial charge is 0.494 e. The molecule has 3 N–H and O–H groups in total. The summed E-state index contributed by atoms with van der Waals surface area (Å²) in [6.07, 6.45) is 2.02. The average molecular weight is 337 g/mol. The van der Waals surface area contributed by atoms with Gasteiger partial charge in [0.25, 0.3) is 0 Å². The van der Waals surface area contributed by atoms with Crippen molar-refractivity contribution < 1.29 is 9.53 Å². The summed E-state index contributed by atoms with van der Waals surface area (Å²) in [5.74, 6) is 1.34. The Balaban J connectivity index is 2.28. The molecule has 128 valence electrons. The lowest BCUT2D eigenvalue weighted by Crippen LogP contribution is -2.47. The highest BCUT2D eigenvalue weighted by atomic mass is 32.1. The maximum Gasteiger partial charge on any atom is 0.238 e. The Bertz CT molecular complexity index is 506. The SMILES string of the molecule is CCOc1ccccc1CCC(=O)NNC(=S)NCCC(C)C. The van der Waals surface area contributed by atoms with Crippen molar-refractivity contribution in [2.75, 3.05) is 13.2 Å². The number of aryl methyl sites for hydroxylation is 1. The molecule has 0 heterocycles. The fourth-order valence-corrected chi connectivity index (χ4v) is 2.12. The van der Waals surface area contributed by atoms with Crippen molar-refractivity contribution in [2.45, 2.75) is 40.0 Å². The Labute approximate surface area is 144 Å². The van der Waals surface area contributed by atoms with Crippen molar-refractivity contribution >= 4 is 23.2 Å². The van der Waals surface area contributed by atoms with Crippen LogP contribution in [0.1, 0.15) is 39.2 Å². The number of rotatable bonds is 8. The highest BCUT2D eigenvalue weighted by Crippen LogP contribution is 2.19. The van der Waals surface area contributed by atoms with Crippen LogP contribution < -0.4 is 20.9 Å². The van der Waals surface area contributed by atoms with Gasteiger partial charge in [-0.25, -0.2) is 0 Å². The van der Waals surface area contributed by atoms with Gasteiger partial charge in [0, 0.05) is 13.0 Å². The average Bonchev–Trinajstić information content (AvgIpc) is 2.52. The number of hydrazine groups is 1. The van der Waals surface area contributed by atoms with Gasteiger partial charge in [-0.15, -0.1) is 0 Å². The van der Waals surface area contributed by atoms with Gasteiger partial charge in [-0.05, 0) is 49.5 Å². The zero-order valence-electron chi connectivity index (χ0n) is 14.1. The minimum atomic E-state index is -0.107. The fraction of sp³-hybridized carbons (Fsp3) is 0.529. The molecule has 23 heavy (non-hydrogen) atoms. The van der Waals surface area contributed by atoms with E-state index in [1.165, 1.54) is 0 Å². The zero-order valence-corrected chi connectivity index (χ0v) is 15.0. The molecule has 0 fully saturated rings. The van der Waals surface area contributed by atoms with Crippen molar-refractivity contribution in [3.05, 3.63) is 29.8 Å². The molecule has 0 saturated heterocycles. The first-order valence-electron chi connectivity index (χ1n) is 8.06. The first-order valence-corrected chi connectivity index (χ1v) is 8.47. The highest BCUT2D eigenvalue weighted by molar-refractivity contribution is 7.80. The summed E-state index contributed by atoms with van der Waals surface area (Å²) >= 11 is 5.10. The normalized spacial score (nSPS) is 10.3. The molecular weight excluding hydrogens is 310 g/mol. The molecule has 0 aliphatic carbocycles. The van der Waals surface area contributed by atoms with Crippen molar-refractivity contribution in [1.82, 2.24) is 16.2 Å². The number of carbonyl (C=O) groups is 1. The Morgan fingerprint density at radius 1 is 1.26 bits per heavy atom. The monoisotopic (exact) mass is 337 g/mol. The molecule has 1 aromatic rings. The quantitative estimate of drug-likeness (QED) is 0.503. The molecule has 0 atom stereocenters. The van der Waals surface area contributed by atoms with E-state index in [-0.39, 0.29) is 5.91 Å². The zero-order chi connectivity index (χ0) is 17.1. The van der Waals surface area contributed by atoms with Gasteiger partial charge in [0.2, 0.25) is 5.91 Å². The molecule has 0 unspecified atom stereocenters. The third-order valence-corrected chi connectivity index (χ3v) is 3.46. The standard InChI is InChI=1S/C17H27N3O2S/c1-4-22-15-8-6-5-7-14(15)9-10-16(21)19-20-17(23)18-12-11-13(2)3/h5-8,13H,4,9-12H2,1-3H3,(H,19,21)(H2,18,20,23). The number of hydrogen-bond donors (Lipinski definition) is 3. The Morgan fingerprint density at radius 3 is 2.70 bits per heavy atom. The molecule has 1 aromatic carbocycles. The van der Waals surface area contributed by atoms with Crippen LogP contribution in [0.3, 0.4) is 0 Å². The third-order valence-electron chi connectivity index (χ3n) is 3.22. The van der Waals surface area contributed by atoms with Crippen LogP contribution in [0.5, 0.6) is 5.75 Å². The number of amides is 1. The lowest BCUT2D eigenvalue weighted by atomic mass is 10.1. The minimum absolute atomic E-state index is 0.107. The van der Waals surface area contributed by atoms with E-state index in [9.17, 15) is 4.79 Å². The maximum atomic E-state index is 11.9. The Kier molecular flexibility index (Phi) is 9.05. The summed E-state index contributed by atoms with van der Waals surface area (Å²) in [6.45, 7) is 7.66. The summed E-state index contributed by atoms with van der Waals surface area (Å²) < 4.78 is 5.55. The summed E-state index contributed by atoms with van der Waals surface area (Å²) in [7, 11) is 0. The molecule has 0 aromatic heterocycles. The fourth-order valence-electron chi connectivity index (χ4n) is 1.96. The Hall–Kier alpha value is -1.82. The molecule has 0 aliphatic rings. The number of para-hydroxylation sites is 1. The van der Waals surface area contributed by atoms with Crippen LogP contribution in [0, 0.1) is 5.92 Å². The number of carbonyl (C=O) groups excluding carboxylic acids is 1. The van der Waals surface area contributed by atoms with Crippen LogP contribution in [0.15, 0.2) is 24.3 Å². The van der Waals surface area contributed by atoms with Gasteiger partial charge < -0.3 is 10.1 Å². The number of nitrogens with one attached hydrogen (secondary N) is 3. The van der Waals surface area contributed by atoms with E-state index in [4.69, 9.17) is 17.0 Å². The van der Waals surface area contributed by atoms with E-state index in [2.05, 4.69) is 30.0 Å². The van der Waals surface area contributed by atoms with Crippen LogP contribution in [-0.4, -0.2) is 24.2 Å². The predicted octanol–water partition coefficient (Wildman–Crippen LogP) is 2.56. The summed E-state index contributed by atoms with van der Waals surface area (Å²) in [5.41, 5.74) is 6.36. The van der Waals surface area contributed by atoms with E-state index in [1.807, 2.05) is 31.2 Å². The molecule has 1 rings (SSSR count). The van der Waals surface area contributed by atoms with Gasteiger partial charge in [-0.2, -0.15) is 0 Å². The molecule has 0 aliphatic heterocycles. The number of benzene rings is 1. The van der Waals surface area contributed by atoms with E-state index < -0.39 is 0 Å². The van der Waals surface area contributed by atoms with Gasteiger partial charge in [0.15, 0.2) is 5.11 Å². The molecule has 0 bridgehead atoms. The molecular formula is C17H27N3O2S. The van der Waals surface area contributed by atoms with Gasteiger partial charge in [-0.3, -0.25) is 15.6 Å². The molecule has 1 amide bonds. The molecule has 6 heteroatoms. The van der Waals surface area contributed by atoms with Crippen LogP contribution in [0.2, 0.25) is 0 Å². The van der Waals surface area contributed by atoms with Crippen LogP contribution in [0.4, 0.5) is 0 Å². The minimum Gasteiger partial charge on any atom is -0.494 e. The smallest absolute Gasteiger partial charge is 0.238 e. The highest BCUT2D eigenvalue weighted by Gasteiger charge is 2.07. The number of hydrogen-bond acceptors (Lipinski definition) is 3. The van der Waals surface area contributed by atoms with Crippen LogP contribution in [-0.2, 0) is 11.2 Å². The molecule has 5 nitrogen and oxygen atoms in total. The third kappa shape index (κ3) is 8.40.